The third-order valence-electron chi connectivity index (χ3n) is 1.94. The lowest BCUT2D eigenvalue weighted by molar-refractivity contribution is -0.118. The second-order valence-electron chi connectivity index (χ2n) is 3.59. The van der Waals surface area contributed by atoms with Gasteiger partial charge in [-0.1, -0.05) is 19.9 Å². The first kappa shape index (κ1) is 11.2. The van der Waals surface area contributed by atoms with Crippen LogP contribution in [-0.2, 0) is 4.79 Å². The largest absolute Gasteiger partial charge is 0.366 e. The second-order valence-corrected chi connectivity index (χ2v) is 3.59. The molecule has 0 atom stereocenters. The number of hydrogen-bond acceptors (Lipinski definition) is 2. The van der Waals surface area contributed by atoms with Crippen molar-refractivity contribution in [1.82, 2.24) is 0 Å². The number of anilines is 1. The van der Waals surface area contributed by atoms with E-state index in [4.69, 9.17) is 5.73 Å². The molecule has 0 heterocycles. The van der Waals surface area contributed by atoms with E-state index in [-0.39, 0.29) is 11.8 Å². The van der Waals surface area contributed by atoms with Gasteiger partial charge >= 0.3 is 0 Å². The van der Waals surface area contributed by atoms with Gasteiger partial charge in [-0.25, -0.2) is 0 Å². The SMILES string of the molecule is CC(C)C(=O)Nc1cccc(C(N)=O)c1. The van der Waals surface area contributed by atoms with Crippen LogP contribution >= 0.6 is 0 Å². The fourth-order valence-electron chi connectivity index (χ4n) is 1.04. The molecule has 2 amide bonds. The molecule has 3 N–H and O–H groups in total. The Hall–Kier alpha value is -1.84. The van der Waals surface area contributed by atoms with Crippen LogP contribution in [0.4, 0.5) is 5.69 Å². The van der Waals surface area contributed by atoms with E-state index in [0.29, 0.717) is 11.3 Å². The average molecular weight is 206 g/mol. The lowest BCUT2D eigenvalue weighted by Crippen LogP contribution is -2.18. The molecule has 0 aliphatic heterocycles. The highest BCUT2D eigenvalue weighted by molar-refractivity contribution is 5.96. The molecule has 4 nitrogen and oxygen atoms in total. The zero-order chi connectivity index (χ0) is 11.4. The van der Waals surface area contributed by atoms with Crippen LogP contribution in [0.2, 0.25) is 0 Å². The Morgan fingerprint density at radius 1 is 1.33 bits per heavy atom. The summed E-state index contributed by atoms with van der Waals surface area (Å²) >= 11 is 0. The van der Waals surface area contributed by atoms with Crippen molar-refractivity contribution in [2.45, 2.75) is 13.8 Å². The van der Waals surface area contributed by atoms with Crippen LogP contribution in [0.25, 0.3) is 0 Å². The Morgan fingerprint density at radius 2 is 2.00 bits per heavy atom. The number of nitrogens with one attached hydrogen (secondary N) is 1. The Morgan fingerprint density at radius 3 is 2.53 bits per heavy atom. The first-order valence-corrected chi connectivity index (χ1v) is 4.71. The zero-order valence-electron chi connectivity index (χ0n) is 8.78. The van der Waals surface area contributed by atoms with E-state index in [1.165, 1.54) is 0 Å². The van der Waals surface area contributed by atoms with E-state index < -0.39 is 5.91 Å². The average Bonchev–Trinajstić information content (AvgIpc) is 2.18. The third kappa shape index (κ3) is 3.09. The minimum absolute atomic E-state index is 0.0865. The van der Waals surface area contributed by atoms with E-state index in [1.807, 2.05) is 0 Å². The summed E-state index contributed by atoms with van der Waals surface area (Å²) in [5.74, 6) is -0.686. The molecule has 0 saturated carbocycles. The number of benzene rings is 1. The molecule has 0 aromatic heterocycles. The summed E-state index contributed by atoms with van der Waals surface area (Å²) in [6.07, 6.45) is 0. The molecule has 0 fully saturated rings. The van der Waals surface area contributed by atoms with E-state index in [0.717, 1.165) is 0 Å². The summed E-state index contributed by atoms with van der Waals surface area (Å²) < 4.78 is 0. The minimum Gasteiger partial charge on any atom is -0.366 e. The van der Waals surface area contributed by atoms with E-state index in [9.17, 15) is 9.59 Å². The number of amides is 2. The molecule has 0 unspecified atom stereocenters. The molecule has 4 heteroatoms. The van der Waals surface area contributed by atoms with Crippen LogP contribution in [0.15, 0.2) is 24.3 Å². The van der Waals surface area contributed by atoms with Gasteiger partial charge in [0.05, 0.1) is 0 Å². The van der Waals surface area contributed by atoms with Crippen molar-refractivity contribution in [3.8, 4) is 0 Å². The van der Waals surface area contributed by atoms with Crippen LogP contribution in [0, 0.1) is 5.92 Å². The second kappa shape index (κ2) is 4.59. The summed E-state index contributed by atoms with van der Waals surface area (Å²) in [7, 11) is 0. The molecular formula is C11H14N2O2. The highest BCUT2D eigenvalue weighted by atomic mass is 16.2. The number of nitrogens with two attached hydrogens (primary N) is 1. The van der Waals surface area contributed by atoms with Gasteiger partial charge in [-0.05, 0) is 18.2 Å². The number of rotatable bonds is 3. The van der Waals surface area contributed by atoms with Crippen LogP contribution in [0.5, 0.6) is 0 Å². The van der Waals surface area contributed by atoms with Crippen LogP contribution in [0.3, 0.4) is 0 Å². The number of carbonyl (C=O) groups excluding carboxylic acids is 2. The third-order valence-corrected chi connectivity index (χ3v) is 1.94. The summed E-state index contributed by atoms with van der Waals surface area (Å²) in [5.41, 5.74) is 6.10. The summed E-state index contributed by atoms with van der Waals surface area (Å²) in [6.45, 7) is 3.60. The van der Waals surface area contributed by atoms with Crippen LogP contribution in [-0.4, -0.2) is 11.8 Å². The van der Waals surface area contributed by atoms with E-state index in [1.54, 1.807) is 38.1 Å². The maximum Gasteiger partial charge on any atom is 0.248 e. The smallest absolute Gasteiger partial charge is 0.248 e. The van der Waals surface area contributed by atoms with Gasteiger partial charge in [0.2, 0.25) is 11.8 Å². The first-order chi connectivity index (χ1) is 7.00. The Labute approximate surface area is 88.5 Å². The first-order valence-electron chi connectivity index (χ1n) is 4.71. The maximum absolute atomic E-state index is 11.4. The number of carbonyl (C=O) groups is 2. The van der Waals surface area contributed by atoms with Gasteiger partial charge in [-0.3, -0.25) is 9.59 Å². The minimum atomic E-state index is -0.504. The fraction of sp³-hybridized carbons (Fsp3) is 0.273. The molecule has 1 rings (SSSR count). The van der Waals surface area contributed by atoms with Gasteiger partial charge in [0.25, 0.3) is 0 Å². The van der Waals surface area contributed by atoms with Gasteiger partial charge in [0.15, 0.2) is 0 Å². The highest BCUT2D eigenvalue weighted by Crippen LogP contribution is 2.11. The van der Waals surface area contributed by atoms with Gasteiger partial charge in [0, 0.05) is 17.2 Å². The van der Waals surface area contributed by atoms with Crippen LogP contribution < -0.4 is 11.1 Å². The molecule has 80 valence electrons. The molecular weight excluding hydrogens is 192 g/mol. The normalized spacial score (nSPS) is 10.1. The van der Waals surface area contributed by atoms with Crippen molar-refractivity contribution < 1.29 is 9.59 Å². The molecule has 15 heavy (non-hydrogen) atoms. The van der Waals surface area contributed by atoms with Crippen molar-refractivity contribution in [2.75, 3.05) is 5.32 Å². The maximum atomic E-state index is 11.4. The van der Waals surface area contributed by atoms with E-state index >= 15 is 0 Å². The molecule has 0 aliphatic carbocycles. The van der Waals surface area contributed by atoms with Crippen molar-refractivity contribution in [1.29, 1.82) is 0 Å². The molecule has 0 aliphatic rings. The molecule has 0 radical (unpaired) electrons. The molecule has 0 bridgehead atoms. The lowest BCUT2D eigenvalue weighted by atomic mass is 10.1. The van der Waals surface area contributed by atoms with Crippen molar-refractivity contribution in [3.05, 3.63) is 29.8 Å². The fourth-order valence-corrected chi connectivity index (χ4v) is 1.04. The predicted molar refractivity (Wildman–Crippen MR) is 58.4 cm³/mol. The van der Waals surface area contributed by atoms with Crippen molar-refractivity contribution >= 4 is 17.5 Å². The van der Waals surface area contributed by atoms with E-state index in [2.05, 4.69) is 5.32 Å². The van der Waals surface area contributed by atoms with Crippen molar-refractivity contribution in [3.63, 3.8) is 0 Å². The predicted octanol–water partition coefficient (Wildman–Crippen LogP) is 1.38. The van der Waals surface area contributed by atoms with Gasteiger partial charge in [-0.15, -0.1) is 0 Å². The monoisotopic (exact) mass is 206 g/mol. The van der Waals surface area contributed by atoms with Crippen LogP contribution in [0.1, 0.15) is 24.2 Å². The van der Waals surface area contributed by atoms with Gasteiger partial charge < -0.3 is 11.1 Å². The van der Waals surface area contributed by atoms with Gasteiger partial charge in [0.1, 0.15) is 0 Å². The van der Waals surface area contributed by atoms with Crippen molar-refractivity contribution in [2.24, 2.45) is 11.7 Å². The Kier molecular flexibility index (Phi) is 3.44. The molecule has 1 aromatic rings. The quantitative estimate of drug-likeness (QED) is 0.784. The standard InChI is InChI=1S/C11H14N2O2/c1-7(2)11(15)13-9-5-3-4-8(6-9)10(12)14/h3-7H,1-2H3,(H2,12,14)(H,13,15). The molecule has 1 aromatic carbocycles. The zero-order valence-corrected chi connectivity index (χ0v) is 8.78. The highest BCUT2D eigenvalue weighted by Gasteiger charge is 2.08. The lowest BCUT2D eigenvalue weighted by Gasteiger charge is -2.07. The summed E-state index contributed by atoms with van der Waals surface area (Å²) in [4.78, 5) is 22.2. The Bertz CT molecular complexity index is 386. The van der Waals surface area contributed by atoms with Gasteiger partial charge in [-0.2, -0.15) is 0 Å². The summed E-state index contributed by atoms with van der Waals surface area (Å²) in [5, 5.41) is 2.69. The Balaban J connectivity index is 2.83. The summed E-state index contributed by atoms with van der Waals surface area (Å²) in [6, 6.07) is 6.55. The molecule has 0 saturated heterocycles. The molecule has 0 spiro atoms. The number of primary amides is 1. The topological polar surface area (TPSA) is 72.2 Å². The number of hydrogen-bond donors (Lipinski definition) is 2.